The van der Waals surface area contributed by atoms with E-state index < -0.39 is 43.6 Å². The van der Waals surface area contributed by atoms with Crippen LogP contribution in [0.25, 0.3) is 43.1 Å². The molecule has 8 rings (SSSR count). The normalized spacial score (nSPS) is 13.8. The molecule has 2 heterocycles. The molecule has 2 aliphatic heterocycles. The number of carbonyl (C=O) groups is 4. The second-order valence-corrected chi connectivity index (χ2v) is 15.2. The van der Waals surface area contributed by atoms with E-state index in [2.05, 4.69) is 5.32 Å². The fraction of sp³-hybridized carbons (Fsp3) is 0.200. The van der Waals surface area contributed by atoms with E-state index in [1.54, 1.807) is 24.3 Å². The Morgan fingerprint density at radius 2 is 0.947 bits per heavy atom. The van der Waals surface area contributed by atoms with Gasteiger partial charge in [0.25, 0.3) is 45.1 Å². The second-order valence-electron chi connectivity index (χ2n) is 13.7. The van der Waals surface area contributed by atoms with Crippen molar-refractivity contribution in [1.29, 1.82) is 0 Å². The summed E-state index contributed by atoms with van der Waals surface area (Å²) in [7, 11) is -3.67. The molecule has 0 aliphatic carbocycles. The first kappa shape index (κ1) is 38.6. The number of imide groups is 2. The van der Waals surface area contributed by atoms with E-state index in [4.69, 9.17) is 4.55 Å². The Morgan fingerprint density at radius 3 is 1.37 bits per heavy atom. The molecule has 0 radical (unpaired) electrons. The summed E-state index contributed by atoms with van der Waals surface area (Å²) in [5, 5.41) is 31.5. The molecule has 0 aromatic heterocycles. The minimum Gasteiger partial charge on any atom is -0.317 e. The molecule has 0 bridgehead atoms. The lowest BCUT2D eigenvalue weighted by Crippen LogP contribution is -2.42. The summed E-state index contributed by atoms with van der Waals surface area (Å²) < 4.78 is 25.9. The third kappa shape index (κ3) is 7.38. The summed E-state index contributed by atoms with van der Waals surface area (Å²) in [5.74, 6) is -2.04. The van der Waals surface area contributed by atoms with Crippen molar-refractivity contribution >= 4 is 88.2 Å². The molecule has 0 fully saturated rings. The van der Waals surface area contributed by atoms with Crippen LogP contribution in [0.2, 0.25) is 0 Å². The highest BCUT2D eigenvalue weighted by Crippen LogP contribution is 2.40. The molecule has 16 nitrogen and oxygen atoms in total. The van der Waals surface area contributed by atoms with Crippen LogP contribution in [0.3, 0.4) is 0 Å². The summed E-state index contributed by atoms with van der Waals surface area (Å²) in [4.78, 5) is 79.0. The molecule has 0 spiro atoms. The number of non-ortho nitro benzene ring substituents is 2. The van der Waals surface area contributed by atoms with Crippen LogP contribution in [0.5, 0.6) is 0 Å². The zero-order valence-corrected chi connectivity index (χ0v) is 31.1. The lowest BCUT2D eigenvalue weighted by molar-refractivity contribution is -0.384. The van der Waals surface area contributed by atoms with Gasteiger partial charge in [-0.1, -0.05) is 48.5 Å². The van der Waals surface area contributed by atoms with Gasteiger partial charge in [-0.2, -0.15) is 8.42 Å². The van der Waals surface area contributed by atoms with E-state index >= 15 is 0 Å². The topological polar surface area (TPSA) is 227 Å². The second kappa shape index (κ2) is 15.1. The Kier molecular flexibility index (Phi) is 10.2. The smallest absolute Gasteiger partial charge is 0.270 e. The maximum atomic E-state index is 13.6. The molecule has 6 aromatic carbocycles. The molecule has 0 saturated heterocycles. The highest BCUT2D eigenvalue weighted by molar-refractivity contribution is 7.85. The van der Waals surface area contributed by atoms with Gasteiger partial charge in [0.05, 0.1) is 27.2 Å². The quantitative estimate of drug-likeness (QED) is 0.0370. The van der Waals surface area contributed by atoms with Gasteiger partial charge >= 0.3 is 0 Å². The number of carbonyl (C=O) groups excluding carboxylic acids is 4. The number of hydrogen-bond acceptors (Lipinski definition) is 11. The SMILES string of the molecule is CS(=O)(=O)O.O=C1c2cc([N+](=O)[O-])cc3c2c(cc2ccccc23)C(=O)N1CCCCNCCCN1C(=O)c2cc([N+](=O)[O-])cc3c2c(cc2ccccc23)C1=O. The molecule has 0 atom stereocenters. The molecule has 4 amide bonds. The van der Waals surface area contributed by atoms with Crippen molar-refractivity contribution < 1.29 is 42.0 Å². The standard InChI is InChI=1S/C39H29N5O8.CH4O3S/c45-36-30-16-22-8-1-3-10-26(22)28-18-24(43(49)50)20-32(34(28)30)38(47)41(36)14-6-5-12-40-13-7-15-42-37(46)31-17-23-9-2-4-11-27(23)29-19-25(44(51)52)21-33(35(29)31)39(42)48;1-5(2,3)4/h1-4,8-11,16-21,40H,5-7,12-15H2;1H3,(H,2,3,4). The summed E-state index contributed by atoms with van der Waals surface area (Å²) in [5.41, 5.74) is 0.473. The number of hydrogen-bond donors (Lipinski definition) is 2. The Morgan fingerprint density at radius 1 is 0.579 bits per heavy atom. The van der Waals surface area contributed by atoms with Gasteiger partial charge in [0.15, 0.2) is 0 Å². The van der Waals surface area contributed by atoms with Crippen LogP contribution >= 0.6 is 0 Å². The fourth-order valence-electron chi connectivity index (χ4n) is 7.52. The Balaban J connectivity index is 0.000000935. The molecule has 290 valence electrons. The van der Waals surface area contributed by atoms with E-state index in [1.807, 2.05) is 36.4 Å². The van der Waals surface area contributed by atoms with Crippen LogP contribution in [0, 0.1) is 20.2 Å². The van der Waals surface area contributed by atoms with Crippen LogP contribution in [0.1, 0.15) is 60.7 Å². The third-order valence-corrected chi connectivity index (χ3v) is 9.93. The van der Waals surface area contributed by atoms with Crippen LogP contribution in [-0.4, -0.2) is 88.7 Å². The first-order valence-electron chi connectivity index (χ1n) is 17.8. The van der Waals surface area contributed by atoms with Crippen molar-refractivity contribution in [3.05, 3.63) is 127 Å². The summed E-state index contributed by atoms with van der Waals surface area (Å²) in [6.07, 6.45) is 2.21. The highest BCUT2D eigenvalue weighted by Gasteiger charge is 2.36. The Hall–Kier alpha value is -6.69. The zero-order valence-electron chi connectivity index (χ0n) is 30.3. The molecule has 2 aliphatic rings. The van der Waals surface area contributed by atoms with Crippen molar-refractivity contribution in [3.8, 4) is 0 Å². The van der Waals surface area contributed by atoms with E-state index in [-0.39, 0.29) is 35.6 Å². The molecule has 17 heteroatoms. The van der Waals surface area contributed by atoms with Gasteiger partial charge in [-0.25, -0.2) is 0 Å². The number of benzene rings is 6. The Labute approximate surface area is 323 Å². The molecule has 0 unspecified atom stereocenters. The lowest BCUT2D eigenvalue weighted by atomic mass is 9.89. The number of unbranched alkanes of at least 4 members (excludes halogenated alkanes) is 1. The predicted octanol–water partition coefficient (Wildman–Crippen LogP) is 6.27. The first-order valence-corrected chi connectivity index (χ1v) is 19.6. The van der Waals surface area contributed by atoms with Crippen LogP contribution in [0.4, 0.5) is 11.4 Å². The van der Waals surface area contributed by atoms with E-state index in [0.29, 0.717) is 71.3 Å². The van der Waals surface area contributed by atoms with E-state index in [0.717, 1.165) is 31.3 Å². The van der Waals surface area contributed by atoms with Crippen LogP contribution < -0.4 is 5.32 Å². The number of fused-ring (bicyclic) bond motifs is 4. The van der Waals surface area contributed by atoms with Gasteiger partial charge in [-0.05, 0) is 76.8 Å². The summed E-state index contributed by atoms with van der Waals surface area (Å²) >= 11 is 0. The maximum absolute atomic E-state index is 13.6. The number of nitro benzene ring substituents is 2. The van der Waals surface area contributed by atoms with Gasteiger partial charge in [0, 0.05) is 59.3 Å². The predicted molar refractivity (Wildman–Crippen MR) is 211 cm³/mol. The molecule has 6 aromatic rings. The summed E-state index contributed by atoms with van der Waals surface area (Å²) in [6.45, 7) is 1.21. The lowest BCUT2D eigenvalue weighted by Gasteiger charge is -2.28. The van der Waals surface area contributed by atoms with Crippen molar-refractivity contribution in [2.24, 2.45) is 0 Å². The minimum atomic E-state index is -3.67. The van der Waals surface area contributed by atoms with Crippen molar-refractivity contribution in [3.63, 3.8) is 0 Å². The van der Waals surface area contributed by atoms with Crippen molar-refractivity contribution in [1.82, 2.24) is 15.1 Å². The largest absolute Gasteiger partial charge is 0.317 e. The fourth-order valence-corrected chi connectivity index (χ4v) is 7.52. The third-order valence-electron chi connectivity index (χ3n) is 9.93. The van der Waals surface area contributed by atoms with Gasteiger partial charge in [0.2, 0.25) is 0 Å². The molecular formula is C40H33N5O11S. The number of rotatable bonds is 11. The van der Waals surface area contributed by atoms with Crippen molar-refractivity contribution in [2.75, 3.05) is 32.4 Å². The molecule has 57 heavy (non-hydrogen) atoms. The molecule has 2 N–H and O–H groups in total. The van der Waals surface area contributed by atoms with Gasteiger partial charge in [-0.15, -0.1) is 0 Å². The molecule has 0 saturated carbocycles. The van der Waals surface area contributed by atoms with E-state index in [1.165, 1.54) is 24.3 Å². The van der Waals surface area contributed by atoms with Gasteiger partial charge in [-0.3, -0.25) is 53.8 Å². The maximum Gasteiger partial charge on any atom is 0.270 e. The minimum absolute atomic E-state index is 0.101. The monoisotopic (exact) mass is 791 g/mol. The van der Waals surface area contributed by atoms with E-state index in [9.17, 15) is 47.8 Å². The Bertz CT molecular complexity index is 2670. The first-order chi connectivity index (χ1) is 27.1. The number of nitrogens with zero attached hydrogens (tertiary/aromatic N) is 4. The number of amides is 4. The van der Waals surface area contributed by atoms with Gasteiger partial charge < -0.3 is 5.32 Å². The van der Waals surface area contributed by atoms with Gasteiger partial charge in [0.1, 0.15) is 0 Å². The zero-order chi connectivity index (χ0) is 40.8. The summed E-state index contributed by atoms with van der Waals surface area (Å²) in [6, 6.07) is 23.3. The number of nitrogens with one attached hydrogen (secondary N) is 1. The van der Waals surface area contributed by atoms with Crippen LogP contribution in [0.15, 0.2) is 84.9 Å². The van der Waals surface area contributed by atoms with Crippen molar-refractivity contribution in [2.45, 2.75) is 19.3 Å². The average molecular weight is 792 g/mol. The average Bonchev–Trinajstić information content (AvgIpc) is 3.17. The highest BCUT2D eigenvalue weighted by atomic mass is 32.2. The molecular weight excluding hydrogens is 759 g/mol. The van der Waals surface area contributed by atoms with Crippen LogP contribution in [-0.2, 0) is 10.1 Å². The number of nitro groups is 2.